The molecule has 0 unspecified atom stereocenters. The van der Waals surface area contributed by atoms with E-state index < -0.39 is 15.7 Å². The zero-order chi connectivity index (χ0) is 12.3. The first kappa shape index (κ1) is 12.8. The Morgan fingerprint density at radius 3 is 2.50 bits per heavy atom. The van der Waals surface area contributed by atoms with E-state index >= 15 is 0 Å². The zero-order valence-corrected chi connectivity index (χ0v) is 9.88. The number of benzene rings is 1. The van der Waals surface area contributed by atoms with Crippen LogP contribution in [0.4, 0.5) is 5.69 Å². The molecular formula is C9H11ClN2O3S. The predicted octanol–water partition coefficient (Wildman–Crippen LogP) is 0.571. The lowest BCUT2D eigenvalue weighted by Gasteiger charge is -2.06. The Morgan fingerprint density at radius 2 is 2.00 bits per heavy atom. The van der Waals surface area contributed by atoms with E-state index in [1.807, 2.05) is 0 Å². The van der Waals surface area contributed by atoms with Gasteiger partial charge >= 0.3 is 0 Å². The number of hydrogen-bond acceptors (Lipinski definition) is 4. The Bertz CT molecular complexity index is 513. The molecule has 0 radical (unpaired) electrons. The normalized spacial score (nSPS) is 11.3. The van der Waals surface area contributed by atoms with Crippen molar-refractivity contribution >= 4 is 33.0 Å². The van der Waals surface area contributed by atoms with E-state index in [0.29, 0.717) is 5.02 Å². The summed E-state index contributed by atoms with van der Waals surface area (Å²) in [4.78, 5) is 10.5. The zero-order valence-electron chi connectivity index (χ0n) is 8.31. The summed E-state index contributed by atoms with van der Waals surface area (Å²) in [5.74, 6) is -1.02. The van der Waals surface area contributed by atoms with Gasteiger partial charge in [0, 0.05) is 11.4 Å². The van der Waals surface area contributed by atoms with Gasteiger partial charge in [0.05, 0.1) is 16.3 Å². The molecule has 1 amide bonds. The third-order valence-electron chi connectivity index (χ3n) is 1.92. The van der Waals surface area contributed by atoms with Gasteiger partial charge in [-0.1, -0.05) is 11.6 Å². The van der Waals surface area contributed by atoms with E-state index in [2.05, 4.69) is 0 Å². The van der Waals surface area contributed by atoms with Crippen molar-refractivity contribution in [1.82, 2.24) is 0 Å². The van der Waals surface area contributed by atoms with Crippen LogP contribution in [0.5, 0.6) is 0 Å². The SMILES string of the molecule is NC(=O)CCS(=O)(=O)c1ccc(Cl)cc1N. The smallest absolute Gasteiger partial charge is 0.218 e. The van der Waals surface area contributed by atoms with Crippen LogP contribution in [-0.2, 0) is 14.6 Å². The maximum atomic E-state index is 11.7. The number of amides is 1. The second kappa shape index (κ2) is 4.71. The quantitative estimate of drug-likeness (QED) is 0.774. The molecule has 5 nitrogen and oxygen atoms in total. The number of nitrogens with two attached hydrogens (primary N) is 2. The average molecular weight is 263 g/mol. The van der Waals surface area contributed by atoms with Gasteiger partial charge in [0.25, 0.3) is 0 Å². The minimum atomic E-state index is -3.59. The number of primary amides is 1. The molecule has 16 heavy (non-hydrogen) atoms. The minimum absolute atomic E-state index is 0.0295. The molecular weight excluding hydrogens is 252 g/mol. The topological polar surface area (TPSA) is 103 Å². The van der Waals surface area contributed by atoms with Crippen molar-refractivity contribution in [2.75, 3.05) is 11.5 Å². The van der Waals surface area contributed by atoms with E-state index in [9.17, 15) is 13.2 Å². The van der Waals surface area contributed by atoms with Gasteiger partial charge in [-0.2, -0.15) is 0 Å². The third kappa shape index (κ3) is 3.11. The maximum Gasteiger partial charge on any atom is 0.218 e. The monoisotopic (exact) mass is 262 g/mol. The van der Waals surface area contributed by atoms with Crippen LogP contribution >= 0.6 is 11.6 Å². The van der Waals surface area contributed by atoms with Crippen LogP contribution in [-0.4, -0.2) is 20.1 Å². The molecule has 88 valence electrons. The highest BCUT2D eigenvalue weighted by atomic mass is 35.5. The standard InChI is InChI=1S/C9H11ClN2O3S/c10-6-1-2-8(7(11)5-6)16(14,15)4-3-9(12)13/h1-2,5H,3-4,11H2,(H2,12,13). The number of rotatable bonds is 4. The summed E-state index contributed by atoms with van der Waals surface area (Å²) in [6.07, 6.45) is -0.232. The number of sulfone groups is 1. The summed E-state index contributed by atoms with van der Waals surface area (Å²) in [6, 6.07) is 4.09. The van der Waals surface area contributed by atoms with E-state index in [4.69, 9.17) is 23.1 Å². The molecule has 0 atom stereocenters. The fraction of sp³-hybridized carbons (Fsp3) is 0.222. The van der Waals surface area contributed by atoms with E-state index in [0.717, 1.165) is 0 Å². The lowest BCUT2D eigenvalue weighted by Crippen LogP contribution is -2.18. The van der Waals surface area contributed by atoms with Crippen molar-refractivity contribution in [2.24, 2.45) is 5.73 Å². The van der Waals surface area contributed by atoms with Crippen LogP contribution in [0.15, 0.2) is 23.1 Å². The number of halogens is 1. The summed E-state index contributed by atoms with van der Waals surface area (Å²) in [6.45, 7) is 0. The second-order valence-corrected chi connectivity index (χ2v) is 5.73. The fourth-order valence-electron chi connectivity index (χ4n) is 1.15. The summed E-state index contributed by atoms with van der Waals surface area (Å²) >= 11 is 5.65. The third-order valence-corrected chi connectivity index (χ3v) is 3.94. The van der Waals surface area contributed by atoms with Gasteiger partial charge in [0.15, 0.2) is 9.84 Å². The number of carbonyl (C=O) groups is 1. The predicted molar refractivity (Wildman–Crippen MR) is 61.7 cm³/mol. The summed E-state index contributed by atoms with van der Waals surface area (Å²) < 4.78 is 23.5. The average Bonchev–Trinajstić information content (AvgIpc) is 2.14. The first-order chi connectivity index (χ1) is 7.33. The Kier molecular flexibility index (Phi) is 3.77. The molecule has 4 N–H and O–H groups in total. The van der Waals surface area contributed by atoms with E-state index in [1.54, 1.807) is 0 Å². The largest absolute Gasteiger partial charge is 0.398 e. The van der Waals surface area contributed by atoms with Crippen LogP contribution in [0.1, 0.15) is 6.42 Å². The summed E-state index contributed by atoms with van der Waals surface area (Å²) in [5.41, 5.74) is 10.5. The molecule has 0 heterocycles. The molecule has 0 aliphatic heterocycles. The van der Waals surface area contributed by atoms with Crippen molar-refractivity contribution in [3.8, 4) is 0 Å². The van der Waals surface area contributed by atoms with Crippen molar-refractivity contribution in [1.29, 1.82) is 0 Å². The Labute approximate surface area is 98.3 Å². The molecule has 1 aromatic rings. The fourth-order valence-corrected chi connectivity index (χ4v) is 2.71. The van der Waals surface area contributed by atoms with Crippen LogP contribution in [0, 0.1) is 0 Å². The van der Waals surface area contributed by atoms with Crippen molar-refractivity contribution in [3.63, 3.8) is 0 Å². The summed E-state index contributed by atoms with van der Waals surface area (Å²) in [7, 11) is -3.59. The van der Waals surface area contributed by atoms with Crippen molar-refractivity contribution in [3.05, 3.63) is 23.2 Å². The molecule has 0 aliphatic rings. The van der Waals surface area contributed by atoms with Gasteiger partial charge in [0.1, 0.15) is 0 Å². The highest BCUT2D eigenvalue weighted by molar-refractivity contribution is 7.91. The lowest BCUT2D eigenvalue weighted by molar-refractivity contribution is -0.117. The highest BCUT2D eigenvalue weighted by Gasteiger charge is 2.18. The second-order valence-electron chi connectivity index (χ2n) is 3.22. The van der Waals surface area contributed by atoms with Crippen LogP contribution in [0.25, 0.3) is 0 Å². The number of anilines is 1. The molecule has 0 saturated carbocycles. The van der Waals surface area contributed by atoms with Gasteiger partial charge in [0.2, 0.25) is 5.91 Å². The molecule has 0 aliphatic carbocycles. The highest BCUT2D eigenvalue weighted by Crippen LogP contribution is 2.23. The number of nitrogen functional groups attached to an aromatic ring is 1. The van der Waals surface area contributed by atoms with Gasteiger partial charge < -0.3 is 11.5 Å². The molecule has 0 bridgehead atoms. The first-order valence-electron chi connectivity index (χ1n) is 4.39. The van der Waals surface area contributed by atoms with Gasteiger partial charge in [-0.15, -0.1) is 0 Å². The van der Waals surface area contributed by atoms with E-state index in [1.165, 1.54) is 18.2 Å². The molecule has 0 spiro atoms. The van der Waals surface area contributed by atoms with Crippen molar-refractivity contribution < 1.29 is 13.2 Å². The van der Waals surface area contributed by atoms with Crippen LogP contribution < -0.4 is 11.5 Å². The van der Waals surface area contributed by atoms with Crippen LogP contribution in [0.3, 0.4) is 0 Å². The molecule has 1 rings (SSSR count). The van der Waals surface area contributed by atoms with Gasteiger partial charge in [-0.25, -0.2) is 8.42 Å². The van der Waals surface area contributed by atoms with E-state index in [-0.39, 0.29) is 22.8 Å². The van der Waals surface area contributed by atoms with Crippen molar-refractivity contribution in [2.45, 2.75) is 11.3 Å². The first-order valence-corrected chi connectivity index (χ1v) is 6.42. The Hall–Kier alpha value is -1.27. The van der Waals surface area contributed by atoms with Gasteiger partial charge in [-0.3, -0.25) is 4.79 Å². The number of hydrogen-bond donors (Lipinski definition) is 2. The molecule has 1 aromatic carbocycles. The molecule has 0 saturated heterocycles. The molecule has 0 fully saturated rings. The Balaban J connectivity index is 3.03. The molecule has 0 aromatic heterocycles. The molecule has 7 heteroatoms. The van der Waals surface area contributed by atoms with Gasteiger partial charge in [-0.05, 0) is 18.2 Å². The summed E-state index contributed by atoms with van der Waals surface area (Å²) in [5, 5.41) is 0.353. The Morgan fingerprint density at radius 1 is 1.38 bits per heavy atom. The minimum Gasteiger partial charge on any atom is -0.398 e. The lowest BCUT2D eigenvalue weighted by atomic mass is 10.3. The number of carbonyl (C=O) groups excluding carboxylic acids is 1. The maximum absolute atomic E-state index is 11.7. The van der Waals surface area contributed by atoms with Crippen LogP contribution in [0.2, 0.25) is 5.02 Å².